The zero-order chi connectivity index (χ0) is 14.7. The Morgan fingerprint density at radius 3 is 2.65 bits per heavy atom. The zero-order valence-electron chi connectivity index (χ0n) is 10.6. The van der Waals surface area contributed by atoms with Gasteiger partial charge < -0.3 is 4.74 Å². The first-order chi connectivity index (χ1) is 9.54. The average Bonchev–Trinajstić information content (AvgIpc) is 2.40. The fraction of sp³-hybridized carbons (Fsp3) is 0.143. The molecule has 2 aromatic carbocycles. The number of nitrogens with zero attached hydrogens (tertiary/aromatic N) is 1. The number of nitro groups is 1. The molecule has 0 N–H and O–H groups in total. The second-order valence-corrected chi connectivity index (χ2v) is 5.11. The summed E-state index contributed by atoms with van der Waals surface area (Å²) in [6, 6.07) is 10.3. The summed E-state index contributed by atoms with van der Waals surface area (Å²) in [7, 11) is 0. The molecular formula is C14H11BrClNO3. The Bertz CT molecular complexity index is 661. The summed E-state index contributed by atoms with van der Waals surface area (Å²) >= 11 is 9.46. The van der Waals surface area contributed by atoms with Gasteiger partial charge in [0.15, 0.2) is 0 Å². The van der Waals surface area contributed by atoms with Gasteiger partial charge in [0.2, 0.25) is 5.75 Å². The van der Waals surface area contributed by atoms with E-state index in [0.717, 1.165) is 5.56 Å². The topological polar surface area (TPSA) is 52.4 Å². The molecule has 0 saturated heterocycles. The minimum absolute atomic E-state index is 0.0482. The highest BCUT2D eigenvalue weighted by Gasteiger charge is 2.20. The van der Waals surface area contributed by atoms with Gasteiger partial charge in [0.25, 0.3) is 0 Å². The van der Waals surface area contributed by atoms with Crippen LogP contribution in [-0.2, 0) is 5.33 Å². The van der Waals surface area contributed by atoms with Crippen LogP contribution in [-0.4, -0.2) is 4.92 Å². The van der Waals surface area contributed by atoms with Gasteiger partial charge in [-0.1, -0.05) is 51.8 Å². The minimum atomic E-state index is -0.449. The number of halogens is 2. The van der Waals surface area contributed by atoms with Crippen LogP contribution in [0.3, 0.4) is 0 Å². The lowest BCUT2D eigenvalue weighted by Crippen LogP contribution is -1.97. The fourth-order valence-electron chi connectivity index (χ4n) is 1.83. The van der Waals surface area contributed by atoms with Gasteiger partial charge in [0, 0.05) is 16.5 Å². The number of rotatable bonds is 4. The molecule has 4 nitrogen and oxygen atoms in total. The number of hydrogen-bond acceptors (Lipinski definition) is 3. The van der Waals surface area contributed by atoms with Crippen molar-refractivity contribution in [2.24, 2.45) is 0 Å². The summed E-state index contributed by atoms with van der Waals surface area (Å²) < 4.78 is 5.70. The van der Waals surface area contributed by atoms with Gasteiger partial charge >= 0.3 is 5.69 Å². The van der Waals surface area contributed by atoms with Crippen LogP contribution in [0.5, 0.6) is 11.5 Å². The van der Waals surface area contributed by atoms with E-state index in [1.54, 1.807) is 37.3 Å². The van der Waals surface area contributed by atoms with Crippen molar-refractivity contribution in [3.8, 4) is 11.5 Å². The zero-order valence-corrected chi connectivity index (χ0v) is 12.9. The quantitative estimate of drug-likeness (QED) is 0.427. The molecule has 0 aromatic heterocycles. The smallest absolute Gasteiger partial charge is 0.314 e. The highest BCUT2D eigenvalue weighted by atomic mass is 79.9. The molecule has 20 heavy (non-hydrogen) atoms. The second kappa shape index (κ2) is 6.24. The van der Waals surface area contributed by atoms with E-state index in [1.807, 2.05) is 6.07 Å². The van der Waals surface area contributed by atoms with Gasteiger partial charge in [0.05, 0.1) is 9.95 Å². The lowest BCUT2D eigenvalue weighted by atomic mass is 10.2. The molecule has 0 saturated carbocycles. The largest absolute Gasteiger partial charge is 0.448 e. The van der Waals surface area contributed by atoms with E-state index < -0.39 is 4.92 Å². The van der Waals surface area contributed by atoms with Gasteiger partial charge in [0.1, 0.15) is 5.75 Å². The molecule has 0 unspecified atom stereocenters. The van der Waals surface area contributed by atoms with Gasteiger partial charge in [-0.3, -0.25) is 10.1 Å². The van der Waals surface area contributed by atoms with Gasteiger partial charge in [-0.25, -0.2) is 0 Å². The van der Waals surface area contributed by atoms with E-state index in [-0.39, 0.29) is 11.4 Å². The van der Waals surface area contributed by atoms with E-state index in [2.05, 4.69) is 15.9 Å². The predicted octanol–water partition coefficient (Wildman–Crippen LogP) is 5.24. The maximum atomic E-state index is 11.2. The Morgan fingerprint density at radius 2 is 2.00 bits per heavy atom. The Kier molecular flexibility index (Phi) is 4.62. The van der Waals surface area contributed by atoms with Gasteiger partial charge in [-0.15, -0.1) is 0 Å². The Hall–Kier alpha value is -1.59. The summed E-state index contributed by atoms with van der Waals surface area (Å²) in [6.07, 6.45) is 0. The SMILES string of the molecule is Cc1cccc(Oc2c(Cl)cccc2CBr)c1[N+](=O)[O-]. The number of nitro benzene ring substituents is 1. The fourth-order valence-corrected chi connectivity index (χ4v) is 2.51. The summed E-state index contributed by atoms with van der Waals surface area (Å²) in [5, 5.41) is 12.1. The van der Waals surface area contributed by atoms with Crippen molar-refractivity contribution in [2.75, 3.05) is 0 Å². The summed E-state index contributed by atoms with van der Waals surface area (Å²) in [6.45, 7) is 1.67. The highest BCUT2D eigenvalue weighted by molar-refractivity contribution is 9.08. The van der Waals surface area contributed by atoms with Crippen molar-refractivity contribution in [1.82, 2.24) is 0 Å². The molecule has 0 bridgehead atoms. The van der Waals surface area contributed by atoms with E-state index >= 15 is 0 Å². The number of para-hydroxylation sites is 2. The van der Waals surface area contributed by atoms with Crippen molar-refractivity contribution in [3.05, 3.63) is 62.7 Å². The molecule has 0 spiro atoms. The van der Waals surface area contributed by atoms with Crippen LogP contribution < -0.4 is 4.74 Å². The Morgan fingerprint density at radius 1 is 1.30 bits per heavy atom. The van der Waals surface area contributed by atoms with E-state index in [1.165, 1.54) is 0 Å². The lowest BCUT2D eigenvalue weighted by Gasteiger charge is -2.12. The number of hydrogen-bond donors (Lipinski definition) is 0. The second-order valence-electron chi connectivity index (χ2n) is 4.14. The van der Waals surface area contributed by atoms with Gasteiger partial charge in [-0.05, 0) is 19.1 Å². The van der Waals surface area contributed by atoms with Crippen LogP contribution in [0, 0.1) is 17.0 Å². The number of ether oxygens (including phenoxy) is 1. The molecule has 0 aliphatic rings. The van der Waals surface area contributed by atoms with Crippen LogP contribution in [0.4, 0.5) is 5.69 Å². The van der Waals surface area contributed by atoms with Crippen molar-refractivity contribution in [1.29, 1.82) is 0 Å². The average molecular weight is 357 g/mol. The lowest BCUT2D eigenvalue weighted by molar-refractivity contribution is -0.386. The molecule has 0 aliphatic carbocycles. The molecule has 2 rings (SSSR count). The predicted molar refractivity (Wildman–Crippen MR) is 82.0 cm³/mol. The third-order valence-electron chi connectivity index (χ3n) is 2.79. The molecule has 0 fully saturated rings. The molecular weight excluding hydrogens is 346 g/mol. The first-order valence-electron chi connectivity index (χ1n) is 5.79. The van der Waals surface area contributed by atoms with Gasteiger partial charge in [-0.2, -0.15) is 0 Å². The number of benzene rings is 2. The third kappa shape index (κ3) is 2.94. The minimum Gasteiger partial charge on any atom is -0.448 e. The molecule has 0 radical (unpaired) electrons. The molecule has 0 amide bonds. The molecule has 2 aromatic rings. The van der Waals surface area contributed by atoms with Crippen molar-refractivity contribution in [3.63, 3.8) is 0 Å². The summed E-state index contributed by atoms with van der Waals surface area (Å²) in [5.74, 6) is 0.616. The highest BCUT2D eigenvalue weighted by Crippen LogP contribution is 2.39. The summed E-state index contributed by atoms with van der Waals surface area (Å²) in [4.78, 5) is 10.7. The molecule has 0 heterocycles. The van der Waals surface area contributed by atoms with Crippen LogP contribution in [0.15, 0.2) is 36.4 Å². The summed E-state index contributed by atoms with van der Waals surface area (Å²) in [5.41, 5.74) is 1.32. The van der Waals surface area contributed by atoms with Crippen molar-refractivity contribution >= 4 is 33.2 Å². The number of alkyl halides is 1. The van der Waals surface area contributed by atoms with E-state index in [4.69, 9.17) is 16.3 Å². The van der Waals surface area contributed by atoms with E-state index in [9.17, 15) is 10.1 Å². The maximum Gasteiger partial charge on any atom is 0.314 e. The third-order valence-corrected chi connectivity index (χ3v) is 3.69. The van der Waals surface area contributed by atoms with Crippen LogP contribution in [0.2, 0.25) is 5.02 Å². The maximum absolute atomic E-state index is 11.2. The molecule has 0 atom stereocenters. The van der Waals surface area contributed by atoms with Crippen molar-refractivity contribution in [2.45, 2.75) is 12.3 Å². The molecule has 6 heteroatoms. The van der Waals surface area contributed by atoms with Crippen molar-refractivity contribution < 1.29 is 9.66 Å². The molecule has 104 valence electrons. The Balaban J connectivity index is 2.51. The number of aryl methyl sites for hydroxylation is 1. The van der Waals surface area contributed by atoms with Crippen LogP contribution >= 0.6 is 27.5 Å². The first kappa shape index (κ1) is 14.8. The van der Waals surface area contributed by atoms with E-state index in [0.29, 0.717) is 21.7 Å². The van der Waals surface area contributed by atoms with Crippen LogP contribution in [0.1, 0.15) is 11.1 Å². The first-order valence-corrected chi connectivity index (χ1v) is 7.29. The standard InChI is InChI=1S/C14H11BrClNO3/c1-9-4-2-7-12(13(9)17(18)19)20-14-10(8-15)5-3-6-11(14)16/h2-7H,8H2,1H3. The Labute approximate surface area is 129 Å². The molecule has 0 aliphatic heterocycles. The van der Waals surface area contributed by atoms with Crippen LogP contribution in [0.25, 0.3) is 0 Å². The normalized spacial score (nSPS) is 10.3. The monoisotopic (exact) mass is 355 g/mol.